The number of para-hydroxylation sites is 1. The predicted octanol–water partition coefficient (Wildman–Crippen LogP) is 2.80. The Balaban J connectivity index is 2.95. The number of rotatable bonds is 3. The Morgan fingerprint density at radius 3 is 2.41 bits per heavy atom. The van der Waals surface area contributed by atoms with Gasteiger partial charge in [0, 0.05) is 0 Å². The van der Waals surface area contributed by atoms with Crippen LogP contribution in [0.2, 0.25) is 0 Å². The lowest BCUT2D eigenvalue weighted by Gasteiger charge is -2.18. The van der Waals surface area contributed by atoms with Crippen molar-refractivity contribution in [3.05, 3.63) is 29.8 Å². The summed E-state index contributed by atoms with van der Waals surface area (Å²) in [6.07, 6.45) is -6.48. The van der Waals surface area contributed by atoms with E-state index in [9.17, 15) is 18.0 Å². The van der Waals surface area contributed by atoms with Crippen molar-refractivity contribution in [3.8, 4) is 5.75 Å². The van der Waals surface area contributed by atoms with Crippen LogP contribution in [-0.2, 0) is 4.74 Å². The fraction of sp³-hybridized carbons (Fsp3) is 0.364. The molecule has 0 spiro atoms. The lowest BCUT2D eigenvalue weighted by molar-refractivity contribution is -0.189. The Kier molecular flexibility index (Phi) is 3.98. The number of esters is 1. The molecule has 17 heavy (non-hydrogen) atoms. The van der Waals surface area contributed by atoms with Gasteiger partial charge in [-0.1, -0.05) is 12.1 Å². The second kappa shape index (κ2) is 5.07. The summed E-state index contributed by atoms with van der Waals surface area (Å²) in [6, 6.07) is 5.61. The van der Waals surface area contributed by atoms with Crippen molar-refractivity contribution in [1.29, 1.82) is 0 Å². The molecule has 1 aromatic carbocycles. The molecule has 0 aliphatic carbocycles. The number of methoxy groups -OCH3 is 1. The van der Waals surface area contributed by atoms with Gasteiger partial charge < -0.3 is 9.47 Å². The molecule has 0 amide bonds. The van der Waals surface area contributed by atoms with Crippen LogP contribution in [0.3, 0.4) is 0 Å². The molecule has 0 saturated heterocycles. The topological polar surface area (TPSA) is 35.5 Å². The second-order valence-electron chi connectivity index (χ2n) is 3.29. The summed E-state index contributed by atoms with van der Waals surface area (Å²) in [4.78, 5) is 11.3. The van der Waals surface area contributed by atoms with Crippen molar-refractivity contribution in [2.24, 2.45) is 0 Å². The highest BCUT2D eigenvalue weighted by Gasteiger charge is 2.38. The molecular formula is C11H11F3O3. The average Bonchev–Trinajstić information content (AvgIpc) is 2.27. The molecule has 0 bridgehead atoms. The number of carbonyl (C=O) groups is 1. The summed E-state index contributed by atoms with van der Waals surface area (Å²) in [5.74, 6) is -0.890. The monoisotopic (exact) mass is 248 g/mol. The molecule has 0 radical (unpaired) electrons. The number of carbonyl (C=O) groups excluding carboxylic acids is 1. The van der Waals surface area contributed by atoms with E-state index in [1.807, 2.05) is 0 Å². The second-order valence-corrected chi connectivity index (χ2v) is 3.29. The maximum absolute atomic E-state index is 12.3. The number of ether oxygens (including phenoxy) is 2. The van der Waals surface area contributed by atoms with Gasteiger partial charge in [0.05, 0.1) is 7.11 Å². The average molecular weight is 248 g/mol. The van der Waals surface area contributed by atoms with Crippen LogP contribution in [0.4, 0.5) is 13.2 Å². The molecule has 1 rings (SSSR count). The fourth-order valence-corrected chi connectivity index (χ4v) is 1.11. The van der Waals surface area contributed by atoms with Gasteiger partial charge in [-0.05, 0) is 19.1 Å². The van der Waals surface area contributed by atoms with E-state index in [1.165, 1.54) is 24.3 Å². The normalized spacial score (nSPS) is 13.0. The molecule has 94 valence electrons. The smallest absolute Gasteiger partial charge is 0.425 e. The molecule has 0 fully saturated rings. The minimum Gasteiger partial charge on any atom is -0.480 e. The molecule has 3 nitrogen and oxygen atoms in total. The first-order valence-electron chi connectivity index (χ1n) is 4.77. The van der Waals surface area contributed by atoms with Crippen LogP contribution in [0.25, 0.3) is 0 Å². The summed E-state index contributed by atoms with van der Waals surface area (Å²) >= 11 is 0. The number of hydrogen-bond donors (Lipinski definition) is 0. The van der Waals surface area contributed by atoms with Gasteiger partial charge in [0.25, 0.3) is 0 Å². The lowest BCUT2D eigenvalue weighted by Crippen LogP contribution is -2.31. The highest BCUT2D eigenvalue weighted by atomic mass is 19.4. The molecule has 0 aliphatic rings. The van der Waals surface area contributed by atoms with Crippen LogP contribution >= 0.6 is 0 Å². The van der Waals surface area contributed by atoms with E-state index in [0.29, 0.717) is 0 Å². The molecule has 0 saturated carbocycles. The standard InChI is InChI=1S/C11H11F3O3/c1-7(11(12,13)14)17-9-6-4-3-5-8(9)10(15)16-2/h3-7H,1-2H3. The van der Waals surface area contributed by atoms with Gasteiger partial charge in [0.1, 0.15) is 11.3 Å². The minimum atomic E-state index is -4.48. The predicted molar refractivity (Wildman–Crippen MR) is 53.9 cm³/mol. The Labute approximate surface area is 96.1 Å². The molecule has 1 atom stereocenters. The van der Waals surface area contributed by atoms with Crippen molar-refractivity contribution in [3.63, 3.8) is 0 Å². The van der Waals surface area contributed by atoms with Crippen LogP contribution in [0, 0.1) is 0 Å². The Morgan fingerprint density at radius 1 is 1.29 bits per heavy atom. The van der Waals surface area contributed by atoms with Gasteiger partial charge in [-0.2, -0.15) is 13.2 Å². The highest BCUT2D eigenvalue weighted by molar-refractivity contribution is 5.92. The summed E-state index contributed by atoms with van der Waals surface area (Å²) in [6.45, 7) is 0.869. The van der Waals surface area contributed by atoms with E-state index >= 15 is 0 Å². The summed E-state index contributed by atoms with van der Waals surface area (Å²) < 4.78 is 46.1. The van der Waals surface area contributed by atoms with Crippen molar-refractivity contribution in [2.45, 2.75) is 19.2 Å². The molecule has 0 aliphatic heterocycles. The molecule has 0 N–H and O–H groups in total. The zero-order chi connectivity index (χ0) is 13.1. The van der Waals surface area contributed by atoms with Gasteiger partial charge in [-0.25, -0.2) is 4.79 Å². The third-order valence-corrected chi connectivity index (χ3v) is 2.06. The van der Waals surface area contributed by atoms with Gasteiger partial charge in [0.15, 0.2) is 6.10 Å². The van der Waals surface area contributed by atoms with Crippen LogP contribution in [-0.4, -0.2) is 25.4 Å². The highest BCUT2D eigenvalue weighted by Crippen LogP contribution is 2.27. The van der Waals surface area contributed by atoms with Gasteiger partial charge >= 0.3 is 12.1 Å². The molecule has 0 aromatic heterocycles. The maximum atomic E-state index is 12.3. The summed E-state index contributed by atoms with van der Waals surface area (Å²) in [5.41, 5.74) is -0.0360. The number of hydrogen-bond acceptors (Lipinski definition) is 3. The first kappa shape index (κ1) is 13.3. The van der Waals surface area contributed by atoms with Crippen LogP contribution in [0.5, 0.6) is 5.75 Å². The third kappa shape index (κ3) is 3.37. The Hall–Kier alpha value is -1.72. The third-order valence-electron chi connectivity index (χ3n) is 2.06. The summed E-state index contributed by atoms with van der Waals surface area (Å²) in [5, 5.41) is 0. The minimum absolute atomic E-state index is 0.0360. The van der Waals surface area contributed by atoms with Crippen LogP contribution < -0.4 is 4.74 Å². The quantitative estimate of drug-likeness (QED) is 0.771. The van der Waals surface area contributed by atoms with E-state index < -0.39 is 18.2 Å². The largest absolute Gasteiger partial charge is 0.480 e. The van der Waals surface area contributed by atoms with Crippen LogP contribution in [0.15, 0.2) is 24.3 Å². The van der Waals surface area contributed by atoms with Crippen LogP contribution in [0.1, 0.15) is 17.3 Å². The Morgan fingerprint density at radius 2 is 1.88 bits per heavy atom. The molecule has 1 unspecified atom stereocenters. The Bertz CT molecular complexity index is 401. The molecule has 1 aromatic rings. The number of halogens is 3. The first-order valence-corrected chi connectivity index (χ1v) is 4.77. The molecule has 6 heteroatoms. The van der Waals surface area contributed by atoms with Crippen molar-refractivity contribution < 1.29 is 27.4 Å². The van der Waals surface area contributed by atoms with Crippen molar-refractivity contribution in [1.82, 2.24) is 0 Å². The fourth-order valence-electron chi connectivity index (χ4n) is 1.11. The number of alkyl halides is 3. The molecule has 0 heterocycles. The first-order chi connectivity index (χ1) is 7.86. The zero-order valence-corrected chi connectivity index (χ0v) is 9.25. The van der Waals surface area contributed by atoms with E-state index in [1.54, 1.807) is 0 Å². The maximum Gasteiger partial charge on any atom is 0.425 e. The van der Waals surface area contributed by atoms with Crippen molar-refractivity contribution in [2.75, 3.05) is 7.11 Å². The van der Waals surface area contributed by atoms with Gasteiger partial charge in [-0.3, -0.25) is 0 Å². The lowest BCUT2D eigenvalue weighted by atomic mass is 10.2. The van der Waals surface area contributed by atoms with E-state index in [4.69, 9.17) is 4.74 Å². The van der Waals surface area contributed by atoms with Crippen molar-refractivity contribution >= 4 is 5.97 Å². The van der Waals surface area contributed by atoms with E-state index in [-0.39, 0.29) is 11.3 Å². The van der Waals surface area contributed by atoms with E-state index in [2.05, 4.69) is 4.74 Å². The van der Waals surface area contributed by atoms with E-state index in [0.717, 1.165) is 14.0 Å². The van der Waals surface area contributed by atoms with Gasteiger partial charge in [0.2, 0.25) is 0 Å². The van der Waals surface area contributed by atoms with Gasteiger partial charge in [-0.15, -0.1) is 0 Å². The summed E-state index contributed by atoms with van der Waals surface area (Å²) in [7, 11) is 1.15. The number of benzene rings is 1. The molecular weight excluding hydrogens is 237 g/mol. The SMILES string of the molecule is COC(=O)c1ccccc1OC(C)C(F)(F)F. The zero-order valence-electron chi connectivity index (χ0n) is 9.25.